The van der Waals surface area contributed by atoms with Gasteiger partial charge in [-0.2, -0.15) is 0 Å². The van der Waals surface area contributed by atoms with Crippen LogP contribution in [0.15, 0.2) is 22.7 Å². The van der Waals surface area contributed by atoms with Gasteiger partial charge in [0.1, 0.15) is 0 Å². The summed E-state index contributed by atoms with van der Waals surface area (Å²) in [4.78, 5) is 11.9. The number of halogens is 1. The summed E-state index contributed by atoms with van der Waals surface area (Å²) in [5, 5.41) is 2.96. The third-order valence-corrected chi connectivity index (χ3v) is 3.80. The molecule has 0 radical (unpaired) electrons. The quantitative estimate of drug-likeness (QED) is 0.799. The van der Waals surface area contributed by atoms with Crippen LogP contribution in [0.3, 0.4) is 0 Å². The third-order valence-electron chi connectivity index (χ3n) is 3.31. The molecule has 1 aliphatic heterocycles. The number of hydrogen-bond donors (Lipinski definition) is 1. The fourth-order valence-electron chi connectivity index (χ4n) is 2.36. The summed E-state index contributed by atoms with van der Waals surface area (Å²) in [6.07, 6.45) is 5.84. The summed E-state index contributed by atoms with van der Waals surface area (Å²) in [5.41, 5.74) is 2.14. The summed E-state index contributed by atoms with van der Waals surface area (Å²) >= 11 is 3.43. The van der Waals surface area contributed by atoms with Crippen LogP contribution in [0.1, 0.15) is 50.5 Å². The minimum absolute atomic E-state index is 0.0648. The van der Waals surface area contributed by atoms with Crippen LogP contribution in [0.5, 0.6) is 0 Å². The molecule has 0 saturated heterocycles. The highest BCUT2D eigenvalue weighted by molar-refractivity contribution is 9.10. The van der Waals surface area contributed by atoms with Crippen molar-refractivity contribution in [1.29, 1.82) is 0 Å². The lowest BCUT2D eigenvalue weighted by Gasteiger charge is -2.08. The number of amides is 1. The standard InChI is InChI=1S/C14H18BrNO/c1-2-3-4-5-6-12-11-8-7-10(15)9-13(11)16-14(12)17/h7-9,12H,2-6H2,1H3,(H,16,17). The molecule has 0 fully saturated rings. The predicted molar refractivity (Wildman–Crippen MR) is 74.3 cm³/mol. The number of benzene rings is 1. The van der Waals surface area contributed by atoms with Gasteiger partial charge in [0.15, 0.2) is 0 Å². The first kappa shape index (κ1) is 12.6. The SMILES string of the molecule is CCCCCCC1C(=O)Nc2cc(Br)ccc21. The Balaban J connectivity index is 2.02. The Morgan fingerprint density at radius 3 is 2.88 bits per heavy atom. The summed E-state index contributed by atoms with van der Waals surface area (Å²) in [5.74, 6) is 0.226. The first-order valence-corrected chi connectivity index (χ1v) is 7.12. The van der Waals surface area contributed by atoms with Gasteiger partial charge in [0, 0.05) is 10.2 Å². The maximum absolute atomic E-state index is 11.9. The number of carbonyl (C=O) groups excluding carboxylic acids is 1. The van der Waals surface area contributed by atoms with Crippen molar-refractivity contribution in [2.75, 3.05) is 5.32 Å². The van der Waals surface area contributed by atoms with Gasteiger partial charge >= 0.3 is 0 Å². The van der Waals surface area contributed by atoms with Gasteiger partial charge in [0.25, 0.3) is 0 Å². The van der Waals surface area contributed by atoms with Crippen molar-refractivity contribution in [3.8, 4) is 0 Å². The molecular formula is C14H18BrNO. The van der Waals surface area contributed by atoms with E-state index in [2.05, 4.69) is 34.2 Å². The Kier molecular flexibility index (Phi) is 4.21. The van der Waals surface area contributed by atoms with Crippen LogP contribution in [0, 0.1) is 0 Å². The second-order valence-corrected chi connectivity index (χ2v) is 5.54. The molecule has 1 aliphatic rings. The molecule has 0 aromatic heterocycles. The van der Waals surface area contributed by atoms with E-state index in [-0.39, 0.29) is 11.8 Å². The molecule has 2 nitrogen and oxygen atoms in total. The zero-order chi connectivity index (χ0) is 12.3. The van der Waals surface area contributed by atoms with Crippen LogP contribution in [0.4, 0.5) is 5.69 Å². The molecule has 1 atom stereocenters. The lowest BCUT2D eigenvalue weighted by atomic mass is 9.94. The van der Waals surface area contributed by atoms with Crippen molar-refractivity contribution in [2.24, 2.45) is 0 Å². The van der Waals surface area contributed by atoms with E-state index >= 15 is 0 Å². The number of carbonyl (C=O) groups is 1. The molecular weight excluding hydrogens is 278 g/mol. The van der Waals surface area contributed by atoms with E-state index in [0.29, 0.717) is 0 Å². The van der Waals surface area contributed by atoms with Crippen LogP contribution in [-0.4, -0.2) is 5.91 Å². The van der Waals surface area contributed by atoms with Crippen molar-refractivity contribution < 1.29 is 4.79 Å². The summed E-state index contributed by atoms with van der Waals surface area (Å²) in [6, 6.07) is 6.05. The van der Waals surface area contributed by atoms with Gasteiger partial charge in [-0.05, 0) is 24.1 Å². The van der Waals surface area contributed by atoms with Crippen molar-refractivity contribution >= 4 is 27.5 Å². The Hall–Kier alpha value is -0.830. The Bertz CT molecular complexity index is 417. The highest BCUT2D eigenvalue weighted by Crippen LogP contribution is 2.37. The molecule has 92 valence electrons. The molecule has 0 bridgehead atoms. The van der Waals surface area contributed by atoms with Crippen LogP contribution in [-0.2, 0) is 4.79 Å². The maximum Gasteiger partial charge on any atom is 0.232 e. The van der Waals surface area contributed by atoms with Crippen molar-refractivity contribution in [3.05, 3.63) is 28.2 Å². The van der Waals surface area contributed by atoms with E-state index in [1.165, 1.54) is 19.3 Å². The van der Waals surface area contributed by atoms with Gasteiger partial charge in [-0.15, -0.1) is 0 Å². The summed E-state index contributed by atoms with van der Waals surface area (Å²) in [7, 11) is 0. The van der Waals surface area contributed by atoms with Crippen LogP contribution in [0.2, 0.25) is 0 Å². The molecule has 0 spiro atoms. The van der Waals surface area contributed by atoms with E-state index in [9.17, 15) is 4.79 Å². The van der Waals surface area contributed by atoms with Crippen LogP contribution >= 0.6 is 15.9 Å². The van der Waals surface area contributed by atoms with Crippen molar-refractivity contribution in [3.63, 3.8) is 0 Å². The van der Waals surface area contributed by atoms with Crippen LogP contribution in [0.25, 0.3) is 0 Å². The molecule has 3 heteroatoms. The Labute approximate surface area is 111 Å². The monoisotopic (exact) mass is 295 g/mol. The number of anilines is 1. The third kappa shape index (κ3) is 2.89. The topological polar surface area (TPSA) is 29.1 Å². The van der Waals surface area contributed by atoms with Gasteiger partial charge in [-0.25, -0.2) is 0 Å². The number of rotatable bonds is 5. The van der Waals surface area contributed by atoms with Gasteiger partial charge in [-0.1, -0.05) is 54.6 Å². The number of hydrogen-bond acceptors (Lipinski definition) is 1. The normalized spacial score (nSPS) is 18.0. The van der Waals surface area contributed by atoms with E-state index in [0.717, 1.165) is 28.6 Å². The second kappa shape index (κ2) is 5.67. The predicted octanol–water partition coefficient (Wildman–Crippen LogP) is 4.46. The Morgan fingerprint density at radius 1 is 1.29 bits per heavy atom. The van der Waals surface area contributed by atoms with Crippen LogP contribution < -0.4 is 5.32 Å². The average Bonchev–Trinajstić information content (AvgIpc) is 2.60. The molecule has 1 aromatic carbocycles. The highest BCUT2D eigenvalue weighted by atomic mass is 79.9. The molecule has 1 aromatic rings. The van der Waals surface area contributed by atoms with Crippen molar-refractivity contribution in [1.82, 2.24) is 0 Å². The minimum atomic E-state index is 0.0648. The van der Waals surface area contributed by atoms with E-state index in [1.807, 2.05) is 12.1 Å². The fourth-order valence-corrected chi connectivity index (χ4v) is 2.72. The highest BCUT2D eigenvalue weighted by Gasteiger charge is 2.29. The van der Waals surface area contributed by atoms with Gasteiger partial charge < -0.3 is 5.32 Å². The largest absolute Gasteiger partial charge is 0.325 e. The molecule has 0 aliphatic carbocycles. The number of fused-ring (bicyclic) bond motifs is 1. The molecule has 1 unspecified atom stereocenters. The lowest BCUT2D eigenvalue weighted by molar-refractivity contribution is -0.117. The molecule has 1 heterocycles. The van der Waals surface area contributed by atoms with Gasteiger partial charge in [0.2, 0.25) is 5.91 Å². The zero-order valence-corrected chi connectivity index (χ0v) is 11.7. The molecule has 0 saturated carbocycles. The Morgan fingerprint density at radius 2 is 2.12 bits per heavy atom. The number of unbranched alkanes of at least 4 members (excludes halogenated alkanes) is 3. The van der Waals surface area contributed by atoms with E-state index in [4.69, 9.17) is 0 Å². The van der Waals surface area contributed by atoms with Gasteiger partial charge in [-0.3, -0.25) is 4.79 Å². The summed E-state index contributed by atoms with van der Waals surface area (Å²) < 4.78 is 1.02. The maximum atomic E-state index is 11.9. The first-order valence-electron chi connectivity index (χ1n) is 6.32. The molecule has 2 rings (SSSR count). The second-order valence-electron chi connectivity index (χ2n) is 4.62. The van der Waals surface area contributed by atoms with Gasteiger partial charge in [0.05, 0.1) is 5.92 Å². The number of nitrogens with one attached hydrogen (secondary N) is 1. The average molecular weight is 296 g/mol. The molecule has 1 N–H and O–H groups in total. The van der Waals surface area contributed by atoms with E-state index < -0.39 is 0 Å². The molecule has 1 amide bonds. The molecule has 17 heavy (non-hydrogen) atoms. The fraction of sp³-hybridized carbons (Fsp3) is 0.500. The minimum Gasteiger partial charge on any atom is -0.325 e. The smallest absolute Gasteiger partial charge is 0.232 e. The zero-order valence-electron chi connectivity index (χ0n) is 10.1. The lowest BCUT2D eigenvalue weighted by Crippen LogP contribution is -2.11. The first-order chi connectivity index (χ1) is 8.22. The van der Waals surface area contributed by atoms with Crippen molar-refractivity contribution in [2.45, 2.75) is 44.9 Å². The summed E-state index contributed by atoms with van der Waals surface area (Å²) in [6.45, 7) is 2.20. The van der Waals surface area contributed by atoms with E-state index in [1.54, 1.807) is 0 Å².